The Kier molecular flexibility index (Phi) is 89.3. The van der Waals surface area contributed by atoms with Gasteiger partial charge in [-0.25, -0.2) is 0 Å². The average Bonchev–Trinajstić information content (AvgIpc) is 2.40. The summed E-state index contributed by atoms with van der Waals surface area (Å²) in [4.78, 5) is 36.5. The molecule has 0 aliphatic carbocycles. The third-order valence-corrected chi connectivity index (χ3v) is 0.667. The standard InChI is InChI=1S/4C2H5NO2.3ClH.Zr/c4*3-1-2(4)5;;;;/h4*1,3H2,(H,4,5);3*1H;/q;;;;;;;+4/p-4. The van der Waals surface area contributed by atoms with E-state index in [0.29, 0.717) is 0 Å². The molecule has 12 nitrogen and oxygen atoms in total. The van der Waals surface area contributed by atoms with Gasteiger partial charge in [-0.3, -0.25) is 0 Å². The molecule has 0 saturated carbocycles. The van der Waals surface area contributed by atoms with E-state index in [1.165, 1.54) is 0 Å². The first kappa shape index (κ1) is 49.5. The van der Waals surface area contributed by atoms with Gasteiger partial charge in [-0.05, 0) is 0 Å². The first-order chi connectivity index (χ1) is 9.08. The van der Waals surface area contributed by atoms with Gasteiger partial charge < -0.3 is 62.5 Å². The smallest absolute Gasteiger partial charge is 0.549 e. The SMILES string of the molecule is Cl.Cl.Cl.NCC(=O)[O-].NCC(=O)[O-].NCC(=O)[O-].NCC(=O)[O-].[Zr+4]. The Bertz CT molecular complexity index is 246. The van der Waals surface area contributed by atoms with Crippen molar-refractivity contribution in [3.63, 3.8) is 0 Å². The minimum atomic E-state index is -1.22. The van der Waals surface area contributed by atoms with E-state index in [0.717, 1.165) is 0 Å². The van der Waals surface area contributed by atoms with Crippen LogP contribution in [0.5, 0.6) is 0 Å². The topological polar surface area (TPSA) is 265 Å². The summed E-state index contributed by atoms with van der Waals surface area (Å²) in [6.07, 6.45) is 0. The minimum Gasteiger partial charge on any atom is -0.549 e. The fraction of sp³-hybridized carbons (Fsp3) is 0.500. The number of halogens is 3. The van der Waals surface area contributed by atoms with E-state index in [4.69, 9.17) is 39.6 Å². The van der Waals surface area contributed by atoms with Crippen LogP contribution in [-0.4, -0.2) is 50.1 Å². The molecule has 0 atom stereocenters. The van der Waals surface area contributed by atoms with Gasteiger partial charge in [0.1, 0.15) is 0 Å². The summed E-state index contributed by atoms with van der Waals surface area (Å²) in [5, 5.41) is 36.5. The van der Waals surface area contributed by atoms with Crippen LogP contribution in [0, 0.1) is 0 Å². The van der Waals surface area contributed by atoms with Gasteiger partial charge >= 0.3 is 26.2 Å². The Labute approximate surface area is 175 Å². The Hall–Kier alpha value is -0.527. The molecule has 144 valence electrons. The average molecular weight is 497 g/mol. The molecule has 0 aliphatic rings. The number of hydrogen-bond acceptors (Lipinski definition) is 12. The Balaban J connectivity index is -0.0000000225. The fourth-order valence-electron chi connectivity index (χ4n) is 0. The van der Waals surface area contributed by atoms with Crippen molar-refractivity contribution in [1.82, 2.24) is 0 Å². The van der Waals surface area contributed by atoms with Crippen LogP contribution in [0.4, 0.5) is 0 Å². The maximum Gasteiger partial charge on any atom is 4.00 e. The first-order valence-electron chi connectivity index (χ1n) is 4.68. The molecule has 0 aromatic carbocycles. The van der Waals surface area contributed by atoms with Crippen molar-refractivity contribution >= 4 is 61.1 Å². The summed E-state index contributed by atoms with van der Waals surface area (Å²) in [6, 6.07) is 0. The quantitative estimate of drug-likeness (QED) is 0.282. The third-order valence-electron chi connectivity index (χ3n) is 0.667. The Morgan fingerprint density at radius 2 is 0.542 bits per heavy atom. The minimum absolute atomic E-state index is 0. The van der Waals surface area contributed by atoms with Crippen LogP contribution in [0.1, 0.15) is 0 Å². The van der Waals surface area contributed by atoms with E-state index in [2.05, 4.69) is 22.9 Å². The molecule has 0 rings (SSSR count). The molecule has 0 heterocycles. The van der Waals surface area contributed by atoms with Crippen molar-refractivity contribution < 1.29 is 65.8 Å². The predicted octanol–water partition coefficient (Wildman–Crippen LogP) is -7.96. The fourth-order valence-corrected chi connectivity index (χ4v) is 0. The number of carboxylic acid groups (broad SMARTS) is 4. The Morgan fingerprint density at radius 1 is 0.500 bits per heavy atom. The van der Waals surface area contributed by atoms with Crippen molar-refractivity contribution in [1.29, 1.82) is 0 Å². The van der Waals surface area contributed by atoms with Crippen LogP contribution in [0.2, 0.25) is 0 Å². The zero-order valence-electron chi connectivity index (χ0n) is 12.1. The molecule has 0 fully saturated rings. The number of nitrogens with two attached hydrogens (primary N) is 4. The Morgan fingerprint density at radius 3 is 0.542 bits per heavy atom. The second kappa shape index (κ2) is 43.3. The van der Waals surface area contributed by atoms with Crippen LogP contribution < -0.4 is 43.4 Å². The van der Waals surface area contributed by atoms with Gasteiger partial charge in [-0.1, -0.05) is 0 Å². The normalized spacial score (nSPS) is 6.17. The van der Waals surface area contributed by atoms with Crippen LogP contribution in [0.15, 0.2) is 0 Å². The molecule has 8 N–H and O–H groups in total. The predicted molar refractivity (Wildman–Crippen MR) is 78.0 cm³/mol. The first-order valence-corrected chi connectivity index (χ1v) is 4.68. The van der Waals surface area contributed by atoms with Gasteiger partial charge in [0.15, 0.2) is 0 Å². The van der Waals surface area contributed by atoms with Crippen LogP contribution in [-0.2, 0) is 45.4 Å². The van der Waals surface area contributed by atoms with Crippen molar-refractivity contribution in [3.05, 3.63) is 0 Å². The number of carboxylic acids is 4. The molecular weight excluding hydrogens is 478 g/mol. The van der Waals surface area contributed by atoms with E-state index in [1.54, 1.807) is 0 Å². The summed E-state index contributed by atoms with van der Waals surface area (Å²) < 4.78 is 0. The second-order valence-corrected chi connectivity index (χ2v) is 2.30. The van der Waals surface area contributed by atoms with E-state index >= 15 is 0 Å². The molecule has 16 heteroatoms. The maximum atomic E-state index is 9.13. The van der Waals surface area contributed by atoms with Crippen molar-refractivity contribution in [3.8, 4) is 0 Å². The molecule has 0 aromatic heterocycles. The molecule has 0 aromatic rings. The van der Waals surface area contributed by atoms with E-state index in [-0.39, 0.29) is 89.6 Å². The van der Waals surface area contributed by atoms with E-state index in [9.17, 15) is 0 Å². The van der Waals surface area contributed by atoms with Gasteiger partial charge in [0.05, 0.1) is 23.9 Å². The van der Waals surface area contributed by atoms with Gasteiger partial charge in [-0.15, -0.1) is 37.2 Å². The molecule has 0 bridgehead atoms. The van der Waals surface area contributed by atoms with Crippen molar-refractivity contribution in [2.45, 2.75) is 0 Å². The molecule has 0 amide bonds. The second-order valence-electron chi connectivity index (χ2n) is 2.30. The number of aliphatic carboxylic acids is 4. The zero-order valence-corrected chi connectivity index (χ0v) is 17.0. The zero-order chi connectivity index (χ0) is 17.1. The van der Waals surface area contributed by atoms with Crippen LogP contribution >= 0.6 is 37.2 Å². The maximum absolute atomic E-state index is 9.13. The summed E-state index contributed by atoms with van der Waals surface area (Å²) in [7, 11) is 0. The number of rotatable bonds is 4. The third kappa shape index (κ3) is 161. The largest absolute Gasteiger partial charge is 4.00 e. The van der Waals surface area contributed by atoms with Gasteiger partial charge in [-0.2, -0.15) is 0 Å². The van der Waals surface area contributed by atoms with E-state index in [1.807, 2.05) is 0 Å². The molecule has 0 aliphatic heterocycles. The molecule has 0 radical (unpaired) electrons. The molecule has 24 heavy (non-hydrogen) atoms. The van der Waals surface area contributed by atoms with E-state index < -0.39 is 23.9 Å². The summed E-state index contributed by atoms with van der Waals surface area (Å²) in [5.74, 6) is -4.87. The monoisotopic (exact) mass is 494 g/mol. The van der Waals surface area contributed by atoms with Gasteiger partial charge in [0.25, 0.3) is 0 Å². The molecular formula is C8H19Cl3N4O8Zr. The summed E-state index contributed by atoms with van der Waals surface area (Å²) in [6.45, 7) is -1.56. The van der Waals surface area contributed by atoms with Crippen LogP contribution in [0.3, 0.4) is 0 Å². The molecule has 0 unspecified atom stereocenters. The molecule has 0 saturated heterocycles. The molecule has 0 spiro atoms. The number of hydrogen-bond donors (Lipinski definition) is 4. The van der Waals surface area contributed by atoms with Gasteiger partial charge in [0, 0.05) is 26.2 Å². The summed E-state index contributed by atoms with van der Waals surface area (Å²) >= 11 is 0. The van der Waals surface area contributed by atoms with Crippen LogP contribution in [0.25, 0.3) is 0 Å². The van der Waals surface area contributed by atoms with Crippen molar-refractivity contribution in [2.75, 3.05) is 26.2 Å². The summed E-state index contributed by atoms with van der Waals surface area (Å²) in [5.41, 5.74) is 18.0. The number of carbonyl (C=O) groups is 4. The number of carbonyl (C=O) groups excluding carboxylic acids is 4. The van der Waals surface area contributed by atoms with Crippen molar-refractivity contribution in [2.24, 2.45) is 22.9 Å². The van der Waals surface area contributed by atoms with Gasteiger partial charge in [0.2, 0.25) is 0 Å².